The van der Waals surface area contributed by atoms with Crippen LogP contribution in [0.15, 0.2) is 60.7 Å². The monoisotopic (exact) mass is 447 g/mol. The molecule has 0 aliphatic carbocycles. The maximum absolute atomic E-state index is 11.1. The first-order valence-electron chi connectivity index (χ1n) is 10.9. The highest BCUT2D eigenvalue weighted by Crippen LogP contribution is 2.44. The van der Waals surface area contributed by atoms with Gasteiger partial charge in [0.05, 0.1) is 0 Å². The Labute approximate surface area is 194 Å². The van der Waals surface area contributed by atoms with Crippen molar-refractivity contribution in [3.63, 3.8) is 0 Å². The first kappa shape index (κ1) is 22.4. The van der Waals surface area contributed by atoms with Crippen LogP contribution in [0.3, 0.4) is 0 Å². The van der Waals surface area contributed by atoms with E-state index in [2.05, 4.69) is 67.1 Å². The zero-order valence-electron chi connectivity index (χ0n) is 18.8. The summed E-state index contributed by atoms with van der Waals surface area (Å²) in [6, 6.07) is 20.8. The first-order chi connectivity index (χ1) is 15.6. The van der Waals surface area contributed by atoms with Crippen molar-refractivity contribution in [3.8, 4) is 22.6 Å². The summed E-state index contributed by atoms with van der Waals surface area (Å²) >= 11 is 1.62. The molecule has 1 aliphatic rings. The molecule has 2 atom stereocenters. The molecule has 3 aromatic rings. The van der Waals surface area contributed by atoms with Crippen LogP contribution >= 0.6 is 11.9 Å². The SMILES string of the molecule is CNSCC(CC=O)c1ccc(OC2COc3c(-c4c(C)cccc4C)cccc32)cc1. The third-order valence-electron chi connectivity index (χ3n) is 5.96. The fraction of sp³-hybridized carbons (Fsp3) is 0.296. The van der Waals surface area contributed by atoms with Gasteiger partial charge in [-0.15, -0.1) is 0 Å². The topological polar surface area (TPSA) is 47.6 Å². The molecule has 2 unspecified atom stereocenters. The van der Waals surface area contributed by atoms with Crippen molar-refractivity contribution in [2.75, 3.05) is 19.4 Å². The first-order valence-corrected chi connectivity index (χ1v) is 11.9. The summed E-state index contributed by atoms with van der Waals surface area (Å²) in [6.45, 7) is 4.77. The molecule has 1 N–H and O–H groups in total. The van der Waals surface area contributed by atoms with Crippen molar-refractivity contribution < 1.29 is 14.3 Å². The Morgan fingerprint density at radius 2 is 1.81 bits per heavy atom. The van der Waals surface area contributed by atoms with Crippen molar-refractivity contribution in [2.24, 2.45) is 0 Å². The molecule has 0 bridgehead atoms. The molecule has 0 saturated carbocycles. The van der Waals surface area contributed by atoms with Gasteiger partial charge in [0.1, 0.15) is 24.4 Å². The van der Waals surface area contributed by atoms with E-state index in [1.165, 1.54) is 16.7 Å². The van der Waals surface area contributed by atoms with Crippen molar-refractivity contribution in [2.45, 2.75) is 32.3 Å². The number of aldehydes is 1. The van der Waals surface area contributed by atoms with Crippen molar-refractivity contribution in [1.82, 2.24) is 4.72 Å². The Balaban J connectivity index is 1.54. The second-order valence-corrected chi connectivity index (χ2v) is 9.12. The minimum Gasteiger partial charge on any atom is -0.488 e. The average molecular weight is 448 g/mol. The number of aryl methyl sites for hydroxylation is 2. The molecule has 0 radical (unpaired) electrons. The highest BCUT2D eigenvalue weighted by atomic mass is 32.2. The lowest BCUT2D eigenvalue weighted by molar-refractivity contribution is -0.108. The van der Waals surface area contributed by atoms with Gasteiger partial charge in [-0.1, -0.05) is 60.5 Å². The van der Waals surface area contributed by atoms with Gasteiger partial charge < -0.3 is 14.3 Å². The fourth-order valence-corrected chi connectivity index (χ4v) is 5.03. The molecular weight excluding hydrogens is 418 g/mol. The lowest BCUT2D eigenvalue weighted by Crippen LogP contribution is -2.09. The van der Waals surface area contributed by atoms with Crippen LogP contribution in [0.2, 0.25) is 0 Å². The van der Waals surface area contributed by atoms with Crippen LogP contribution in [0.5, 0.6) is 11.5 Å². The predicted molar refractivity (Wildman–Crippen MR) is 132 cm³/mol. The van der Waals surface area contributed by atoms with E-state index < -0.39 is 0 Å². The number of carbonyl (C=O) groups excluding carboxylic acids is 1. The van der Waals surface area contributed by atoms with Gasteiger partial charge in [-0.05, 0) is 55.3 Å². The zero-order valence-corrected chi connectivity index (χ0v) is 19.6. The number of rotatable bonds is 9. The largest absolute Gasteiger partial charge is 0.488 e. The molecule has 166 valence electrons. The molecule has 1 aliphatic heterocycles. The van der Waals surface area contributed by atoms with E-state index in [4.69, 9.17) is 9.47 Å². The summed E-state index contributed by atoms with van der Waals surface area (Å²) in [5.74, 6) is 2.76. The maximum Gasteiger partial charge on any atom is 0.161 e. The van der Waals surface area contributed by atoms with E-state index in [1.807, 2.05) is 19.2 Å². The van der Waals surface area contributed by atoms with Crippen LogP contribution in [0.1, 0.15) is 40.7 Å². The number of benzene rings is 3. The summed E-state index contributed by atoms with van der Waals surface area (Å²) in [5.41, 5.74) is 7.06. The smallest absolute Gasteiger partial charge is 0.161 e. The molecule has 0 amide bonds. The highest BCUT2D eigenvalue weighted by molar-refractivity contribution is 7.97. The number of ether oxygens (including phenoxy) is 2. The van der Waals surface area contributed by atoms with Gasteiger partial charge in [-0.3, -0.25) is 4.72 Å². The van der Waals surface area contributed by atoms with E-state index >= 15 is 0 Å². The fourth-order valence-electron chi connectivity index (χ4n) is 4.34. The highest BCUT2D eigenvalue weighted by Gasteiger charge is 2.29. The number of para-hydroxylation sites is 1. The van der Waals surface area contributed by atoms with Gasteiger partial charge in [-0.2, -0.15) is 0 Å². The molecule has 0 fully saturated rings. The summed E-state index contributed by atoms with van der Waals surface area (Å²) in [7, 11) is 1.90. The summed E-state index contributed by atoms with van der Waals surface area (Å²) in [6.07, 6.45) is 1.36. The van der Waals surface area contributed by atoms with Crippen LogP contribution in [-0.4, -0.2) is 25.7 Å². The van der Waals surface area contributed by atoms with Crippen LogP contribution in [0.4, 0.5) is 0 Å². The molecule has 0 spiro atoms. The van der Waals surface area contributed by atoms with E-state index in [9.17, 15) is 4.79 Å². The molecule has 4 nitrogen and oxygen atoms in total. The van der Waals surface area contributed by atoms with Gasteiger partial charge in [0.2, 0.25) is 0 Å². The van der Waals surface area contributed by atoms with Crippen molar-refractivity contribution in [1.29, 1.82) is 0 Å². The van der Waals surface area contributed by atoms with E-state index in [0.717, 1.165) is 40.2 Å². The van der Waals surface area contributed by atoms with Crippen molar-refractivity contribution >= 4 is 18.2 Å². The van der Waals surface area contributed by atoms with Crippen LogP contribution in [-0.2, 0) is 4.79 Å². The van der Waals surface area contributed by atoms with E-state index in [0.29, 0.717) is 13.0 Å². The number of hydrogen-bond acceptors (Lipinski definition) is 5. The van der Waals surface area contributed by atoms with Gasteiger partial charge in [0.15, 0.2) is 6.10 Å². The van der Waals surface area contributed by atoms with Crippen LogP contribution in [0.25, 0.3) is 11.1 Å². The molecule has 1 heterocycles. The molecular formula is C27H29NO3S. The normalized spacial score (nSPS) is 15.7. The molecule has 0 aromatic heterocycles. The Bertz CT molecular complexity index is 1060. The minimum absolute atomic E-state index is 0.147. The Morgan fingerprint density at radius 3 is 2.50 bits per heavy atom. The second kappa shape index (κ2) is 10.2. The standard InChI is InChI=1S/C27H29NO3S/c1-18-6-4-7-19(2)26(18)24-9-5-8-23-25(16-30-27(23)24)31-22-12-10-20(11-13-22)21(14-15-29)17-32-28-3/h4-13,15,21,25,28H,14,16-17H2,1-3H3. The Hall–Kier alpha value is -2.76. The molecule has 3 aromatic carbocycles. The maximum atomic E-state index is 11.1. The van der Waals surface area contributed by atoms with Crippen LogP contribution in [0, 0.1) is 13.8 Å². The second-order valence-electron chi connectivity index (χ2n) is 8.09. The Morgan fingerprint density at radius 1 is 1.09 bits per heavy atom. The van der Waals surface area contributed by atoms with E-state index in [-0.39, 0.29) is 12.0 Å². The molecule has 5 heteroatoms. The minimum atomic E-state index is -0.147. The van der Waals surface area contributed by atoms with Crippen LogP contribution < -0.4 is 14.2 Å². The number of carbonyl (C=O) groups is 1. The molecule has 0 saturated heterocycles. The molecule has 32 heavy (non-hydrogen) atoms. The summed E-state index contributed by atoms with van der Waals surface area (Å²) in [4.78, 5) is 11.1. The quantitative estimate of drug-likeness (QED) is 0.321. The lowest BCUT2D eigenvalue weighted by atomic mass is 9.93. The average Bonchev–Trinajstić information content (AvgIpc) is 3.21. The van der Waals surface area contributed by atoms with Gasteiger partial charge in [-0.25, -0.2) is 0 Å². The number of fused-ring (bicyclic) bond motifs is 1. The van der Waals surface area contributed by atoms with E-state index in [1.54, 1.807) is 11.9 Å². The number of nitrogens with one attached hydrogen (secondary N) is 1. The zero-order chi connectivity index (χ0) is 22.5. The third-order valence-corrected chi connectivity index (χ3v) is 6.82. The Kier molecular flexibility index (Phi) is 7.18. The lowest BCUT2D eigenvalue weighted by Gasteiger charge is -2.17. The van der Waals surface area contributed by atoms with Crippen molar-refractivity contribution in [3.05, 3.63) is 82.9 Å². The third kappa shape index (κ3) is 4.69. The van der Waals surface area contributed by atoms with Gasteiger partial charge in [0.25, 0.3) is 0 Å². The van der Waals surface area contributed by atoms with Gasteiger partial charge in [0, 0.05) is 29.2 Å². The predicted octanol–water partition coefficient (Wildman–Crippen LogP) is 6.02. The van der Waals surface area contributed by atoms with Gasteiger partial charge >= 0.3 is 0 Å². The summed E-state index contributed by atoms with van der Waals surface area (Å²) in [5, 5.41) is 0. The summed E-state index contributed by atoms with van der Waals surface area (Å²) < 4.78 is 15.5. The molecule has 4 rings (SSSR count). The number of hydrogen-bond donors (Lipinski definition) is 1.